The first-order valence-corrected chi connectivity index (χ1v) is 17.9. The molecule has 14 heteroatoms. The van der Waals surface area contributed by atoms with Crippen LogP contribution in [0, 0.1) is 11.2 Å². The van der Waals surface area contributed by atoms with Gasteiger partial charge in [0.2, 0.25) is 0 Å². The molecule has 2 aromatic rings. The zero-order valence-corrected chi connectivity index (χ0v) is 27.8. The van der Waals surface area contributed by atoms with Crippen molar-refractivity contribution in [2.24, 2.45) is 5.41 Å². The summed E-state index contributed by atoms with van der Waals surface area (Å²) in [5, 5.41) is 0. The van der Waals surface area contributed by atoms with Gasteiger partial charge in [-0.1, -0.05) is 0 Å². The van der Waals surface area contributed by atoms with E-state index in [1.807, 2.05) is 20.8 Å². The minimum atomic E-state index is -3.39. The second-order valence-corrected chi connectivity index (χ2v) is 15.1. The lowest BCUT2D eigenvalue weighted by Gasteiger charge is -2.54. The highest BCUT2D eigenvalue weighted by atomic mass is 32.2. The molecule has 4 aliphatic heterocycles. The Labute approximate surface area is 271 Å². The number of carbonyl (C=O) groups is 1. The van der Waals surface area contributed by atoms with Crippen LogP contribution in [0.15, 0.2) is 30.7 Å². The molecule has 6 rings (SSSR count). The van der Waals surface area contributed by atoms with Crippen LogP contribution in [0.1, 0.15) is 63.2 Å². The molecule has 46 heavy (non-hydrogen) atoms. The number of aromatic nitrogens is 2. The van der Waals surface area contributed by atoms with Crippen LogP contribution in [0.2, 0.25) is 0 Å². The Hall–Kier alpha value is -2.91. The first-order chi connectivity index (χ1) is 22.1. The van der Waals surface area contributed by atoms with E-state index in [2.05, 4.69) is 24.5 Å². The zero-order chi connectivity index (χ0) is 32.5. The number of hydrogen-bond acceptors (Lipinski definition) is 9. The van der Waals surface area contributed by atoms with Gasteiger partial charge in [-0.15, -0.1) is 0 Å². The summed E-state index contributed by atoms with van der Waals surface area (Å²) in [6, 6.07) is 3.80. The molecule has 0 bridgehead atoms. The summed E-state index contributed by atoms with van der Waals surface area (Å²) in [6.45, 7) is 12.4. The average Bonchev–Trinajstić information content (AvgIpc) is 2.97. The number of ether oxygens (including phenoxy) is 2. The smallest absolute Gasteiger partial charge is 0.279 e. The van der Waals surface area contributed by atoms with Crippen LogP contribution in [0.4, 0.5) is 10.2 Å². The number of rotatable bonds is 11. The van der Waals surface area contributed by atoms with E-state index in [1.165, 1.54) is 28.8 Å². The van der Waals surface area contributed by atoms with Gasteiger partial charge in [0.25, 0.3) is 16.1 Å². The fourth-order valence-electron chi connectivity index (χ4n) is 6.98. The topological polar surface area (TPSA) is 120 Å². The van der Waals surface area contributed by atoms with E-state index in [0.29, 0.717) is 37.8 Å². The molecule has 1 amide bonds. The van der Waals surface area contributed by atoms with Crippen molar-refractivity contribution in [2.45, 2.75) is 71.1 Å². The fraction of sp³-hybridized carbons (Fsp3) is 0.656. The standard InChI is InChI=1S/C32H46FN7O5S/c1-4-40(23(2)3)31(41)27-16-24(33)6-9-28(27)45-29-17-34-22-35-30(29)38-20-32(21-38)10-14-37(15-11-32)18-26-8-7-25(19-44-26)36-46(42,43)39-12-5-13-39/h6,9,16-17,22-23,25-26,36H,4-5,7-8,10-15,18-21H2,1-3H3/t25-,26+/m1/s1. The predicted molar refractivity (Wildman–Crippen MR) is 172 cm³/mol. The van der Waals surface area contributed by atoms with Crippen LogP contribution in [0.25, 0.3) is 0 Å². The number of benzene rings is 1. The predicted octanol–water partition coefficient (Wildman–Crippen LogP) is 3.27. The van der Waals surface area contributed by atoms with Gasteiger partial charge in [0.1, 0.15) is 17.9 Å². The van der Waals surface area contributed by atoms with Crippen LogP contribution in [0.3, 0.4) is 0 Å². The first-order valence-electron chi connectivity index (χ1n) is 16.5. The average molecular weight is 660 g/mol. The maximum Gasteiger partial charge on any atom is 0.279 e. The Bertz CT molecular complexity index is 1480. The van der Waals surface area contributed by atoms with E-state index in [4.69, 9.17) is 9.47 Å². The summed E-state index contributed by atoms with van der Waals surface area (Å²) < 4.78 is 55.7. The van der Waals surface area contributed by atoms with Gasteiger partial charge in [0.05, 0.1) is 24.5 Å². The van der Waals surface area contributed by atoms with E-state index < -0.39 is 16.0 Å². The summed E-state index contributed by atoms with van der Waals surface area (Å²) in [5.41, 5.74) is 0.366. The van der Waals surface area contributed by atoms with Crippen molar-refractivity contribution in [3.8, 4) is 11.5 Å². The Kier molecular flexibility index (Phi) is 9.81. The highest BCUT2D eigenvalue weighted by molar-refractivity contribution is 7.87. The summed E-state index contributed by atoms with van der Waals surface area (Å²) in [6.07, 6.45) is 7.89. The number of anilines is 1. The van der Waals surface area contributed by atoms with E-state index >= 15 is 0 Å². The zero-order valence-electron chi connectivity index (χ0n) is 27.0. The molecule has 4 saturated heterocycles. The highest BCUT2D eigenvalue weighted by Gasteiger charge is 2.46. The van der Waals surface area contributed by atoms with E-state index in [9.17, 15) is 17.6 Å². The molecule has 2 atom stereocenters. The summed E-state index contributed by atoms with van der Waals surface area (Å²) in [4.78, 5) is 28.4. The Balaban J connectivity index is 1.01. The van der Waals surface area contributed by atoms with Gasteiger partial charge < -0.3 is 24.2 Å². The number of nitrogens with zero attached hydrogens (tertiary/aromatic N) is 6. The molecule has 4 fully saturated rings. The molecule has 1 N–H and O–H groups in total. The van der Waals surface area contributed by atoms with Crippen molar-refractivity contribution >= 4 is 21.9 Å². The normalized spacial score (nSPS) is 23.6. The summed E-state index contributed by atoms with van der Waals surface area (Å²) >= 11 is 0. The van der Waals surface area contributed by atoms with Gasteiger partial charge >= 0.3 is 0 Å². The van der Waals surface area contributed by atoms with Crippen molar-refractivity contribution < 1.29 is 27.1 Å². The monoisotopic (exact) mass is 659 g/mol. The van der Waals surface area contributed by atoms with Crippen LogP contribution < -0.4 is 14.4 Å². The molecule has 0 unspecified atom stereocenters. The second kappa shape index (κ2) is 13.7. The molecule has 12 nitrogen and oxygen atoms in total. The number of amides is 1. The number of hydrogen-bond donors (Lipinski definition) is 1. The minimum absolute atomic E-state index is 0.0429. The third-order valence-electron chi connectivity index (χ3n) is 9.85. The van der Waals surface area contributed by atoms with Crippen molar-refractivity contribution in [2.75, 3.05) is 63.9 Å². The van der Waals surface area contributed by atoms with Crippen molar-refractivity contribution in [3.05, 3.63) is 42.1 Å². The molecule has 0 radical (unpaired) electrons. The molecule has 5 heterocycles. The second-order valence-electron chi connectivity index (χ2n) is 13.4. The lowest BCUT2D eigenvalue weighted by Crippen LogP contribution is -2.61. The van der Waals surface area contributed by atoms with Crippen LogP contribution >= 0.6 is 0 Å². The van der Waals surface area contributed by atoms with Crippen LogP contribution in [-0.2, 0) is 14.9 Å². The Morgan fingerprint density at radius 3 is 2.57 bits per heavy atom. The Morgan fingerprint density at radius 1 is 1.17 bits per heavy atom. The number of nitrogens with one attached hydrogen (secondary N) is 1. The molecular formula is C32H46FN7O5S. The van der Waals surface area contributed by atoms with Crippen molar-refractivity contribution in [3.63, 3.8) is 0 Å². The van der Waals surface area contributed by atoms with Gasteiger partial charge in [-0.3, -0.25) is 4.79 Å². The molecule has 0 aliphatic carbocycles. The lowest BCUT2D eigenvalue weighted by atomic mass is 9.72. The molecule has 0 saturated carbocycles. The summed E-state index contributed by atoms with van der Waals surface area (Å²) in [5.74, 6) is 0.584. The third kappa shape index (κ3) is 7.15. The van der Waals surface area contributed by atoms with Gasteiger partial charge in [0, 0.05) is 56.8 Å². The third-order valence-corrected chi connectivity index (χ3v) is 11.5. The number of carbonyl (C=O) groups excluding carboxylic acids is 1. The summed E-state index contributed by atoms with van der Waals surface area (Å²) in [7, 11) is -3.39. The van der Waals surface area contributed by atoms with Crippen molar-refractivity contribution in [1.82, 2.24) is 28.8 Å². The maximum absolute atomic E-state index is 14.3. The molecule has 1 aromatic heterocycles. The van der Waals surface area contributed by atoms with E-state index in [1.54, 1.807) is 11.1 Å². The quantitative estimate of drug-likeness (QED) is 0.388. The van der Waals surface area contributed by atoms with Gasteiger partial charge in [-0.25, -0.2) is 14.4 Å². The molecule has 252 valence electrons. The van der Waals surface area contributed by atoms with E-state index in [0.717, 1.165) is 64.8 Å². The van der Waals surface area contributed by atoms with Gasteiger partial charge in [-0.2, -0.15) is 17.4 Å². The maximum atomic E-state index is 14.3. The first kappa shape index (κ1) is 33.0. The number of piperidine rings is 1. The highest BCUT2D eigenvalue weighted by Crippen LogP contribution is 2.45. The molecule has 4 aliphatic rings. The Morgan fingerprint density at radius 2 is 1.93 bits per heavy atom. The minimum Gasteiger partial charge on any atom is -0.451 e. The van der Waals surface area contributed by atoms with Crippen LogP contribution in [0.5, 0.6) is 11.5 Å². The van der Waals surface area contributed by atoms with Crippen LogP contribution in [-0.4, -0.2) is 116 Å². The molecular weight excluding hydrogens is 613 g/mol. The van der Waals surface area contributed by atoms with E-state index in [-0.39, 0.29) is 40.8 Å². The number of halogens is 1. The SMILES string of the molecule is CCN(C(=O)c1cc(F)ccc1Oc1cncnc1N1CC2(CCN(C[C@@H]3CC[C@@H](NS(=O)(=O)N4CCC4)CO3)CC2)C1)C(C)C. The number of likely N-dealkylation sites (tertiary alicyclic amines) is 1. The largest absolute Gasteiger partial charge is 0.451 e. The van der Waals surface area contributed by atoms with Gasteiger partial charge in [-0.05, 0) is 84.2 Å². The van der Waals surface area contributed by atoms with Gasteiger partial charge in [0.15, 0.2) is 11.6 Å². The van der Waals surface area contributed by atoms with Crippen molar-refractivity contribution in [1.29, 1.82) is 0 Å². The fourth-order valence-corrected chi connectivity index (χ4v) is 8.47. The molecule has 1 spiro atoms. The lowest BCUT2D eigenvalue weighted by molar-refractivity contribution is -0.0301. The molecule has 1 aromatic carbocycles.